The Kier molecular flexibility index (Phi) is 9.64. The van der Waals surface area contributed by atoms with Crippen LogP contribution in [0.1, 0.15) is 59.3 Å². The summed E-state index contributed by atoms with van der Waals surface area (Å²) in [5, 5.41) is 1.29. The van der Waals surface area contributed by atoms with Crippen LogP contribution in [0.25, 0.3) is 0 Å². The zero-order chi connectivity index (χ0) is 15.4. The molecule has 0 aliphatic carbocycles. The van der Waals surface area contributed by atoms with Crippen LogP contribution in [0, 0.1) is 0 Å². The van der Waals surface area contributed by atoms with Crippen LogP contribution in [0.2, 0.25) is 6.04 Å². The Morgan fingerprint density at radius 1 is 0.762 bits per heavy atom. The number of rotatable bonds is 12. The lowest BCUT2D eigenvalue weighted by Crippen LogP contribution is -2.54. The monoisotopic (exact) mass is 308 g/mol. The van der Waals surface area contributed by atoms with E-state index in [1.165, 1.54) is 30.9 Å². The van der Waals surface area contributed by atoms with Gasteiger partial charge in [0.1, 0.15) is 0 Å². The maximum atomic E-state index is 6.36. The fourth-order valence-corrected chi connectivity index (χ4v) is 5.98. The van der Waals surface area contributed by atoms with E-state index < -0.39 is 8.56 Å². The molecule has 0 fully saturated rings. The molecule has 0 radical (unpaired) electrons. The van der Waals surface area contributed by atoms with Crippen LogP contribution >= 0.6 is 0 Å². The molecule has 0 saturated heterocycles. The number of unbranched alkanes of at least 4 members (excludes halogenated alkanes) is 3. The van der Waals surface area contributed by atoms with Crippen molar-refractivity contribution >= 4 is 13.7 Å². The van der Waals surface area contributed by atoms with Gasteiger partial charge >= 0.3 is 8.56 Å². The first-order valence-electron chi connectivity index (χ1n) is 8.62. The van der Waals surface area contributed by atoms with E-state index in [9.17, 15) is 0 Å². The minimum atomic E-state index is -2.26. The second kappa shape index (κ2) is 11.0. The van der Waals surface area contributed by atoms with E-state index in [0.29, 0.717) is 0 Å². The zero-order valence-electron chi connectivity index (χ0n) is 14.1. The standard InChI is InChI=1S/C18H32O2Si/c1-4-7-8-12-17-21(19-15-5-2,20-16-6-3)18-13-10-9-11-14-18/h9-11,13-14H,4-8,12,15-17H2,1-3H3. The number of hydrogen-bond donors (Lipinski definition) is 0. The smallest absolute Gasteiger partial charge is 0.372 e. The molecule has 1 aromatic carbocycles. The van der Waals surface area contributed by atoms with Crippen molar-refractivity contribution < 1.29 is 8.85 Å². The summed E-state index contributed by atoms with van der Waals surface area (Å²) in [6.45, 7) is 8.20. The van der Waals surface area contributed by atoms with Gasteiger partial charge in [0.05, 0.1) is 0 Å². The molecular formula is C18H32O2Si. The Morgan fingerprint density at radius 3 is 1.90 bits per heavy atom. The topological polar surface area (TPSA) is 18.5 Å². The van der Waals surface area contributed by atoms with Gasteiger partial charge in [-0.3, -0.25) is 0 Å². The molecule has 0 N–H and O–H groups in total. The quantitative estimate of drug-likeness (QED) is 0.409. The number of benzene rings is 1. The molecule has 0 aromatic heterocycles. The largest absolute Gasteiger partial charge is 0.391 e. The first kappa shape index (κ1) is 18.4. The summed E-state index contributed by atoms with van der Waals surface area (Å²) >= 11 is 0. The molecule has 0 aliphatic heterocycles. The van der Waals surface area contributed by atoms with E-state index in [4.69, 9.17) is 8.85 Å². The van der Waals surface area contributed by atoms with Gasteiger partial charge in [0.2, 0.25) is 0 Å². The van der Waals surface area contributed by atoms with Gasteiger partial charge in [0.25, 0.3) is 0 Å². The molecule has 0 saturated carbocycles. The lowest BCUT2D eigenvalue weighted by molar-refractivity contribution is 0.178. The van der Waals surface area contributed by atoms with Crippen LogP contribution < -0.4 is 5.19 Å². The Bertz CT molecular complexity index is 345. The van der Waals surface area contributed by atoms with E-state index in [1.54, 1.807) is 0 Å². The molecule has 120 valence electrons. The third-order valence-corrected chi connectivity index (χ3v) is 7.22. The van der Waals surface area contributed by atoms with Crippen molar-refractivity contribution in [3.05, 3.63) is 30.3 Å². The molecule has 0 heterocycles. The second-order valence-electron chi connectivity index (χ2n) is 5.63. The first-order valence-corrected chi connectivity index (χ1v) is 10.6. The van der Waals surface area contributed by atoms with Gasteiger partial charge in [0.15, 0.2) is 0 Å². The third kappa shape index (κ3) is 6.33. The molecule has 0 aliphatic rings. The third-order valence-electron chi connectivity index (χ3n) is 3.65. The Balaban J connectivity index is 2.85. The van der Waals surface area contributed by atoms with Gasteiger partial charge in [-0.1, -0.05) is 76.8 Å². The van der Waals surface area contributed by atoms with Crippen molar-refractivity contribution in [3.8, 4) is 0 Å². The summed E-state index contributed by atoms with van der Waals surface area (Å²) in [5.74, 6) is 0. The minimum absolute atomic E-state index is 0.804. The second-order valence-corrected chi connectivity index (χ2v) is 8.79. The SMILES string of the molecule is CCCCCC[Si](OCCC)(OCCC)c1ccccc1. The first-order chi connectivity index (χ1) is 10.3. The summed E-state index contributed by atoms with van der Waals surface area (Å²) in [4.78, 5) is 0. The van der Waals surface area contributed by atoms with Crippen LogP contribution in [0.3, 0.4) is 0 Å². The van der Waals surface area contributed by atoms with Crippen molar-refractivity contribution in [1.82, 2.24) is 0 Å². The maximum absolute atomic E-state index is 6.36. The molecule has 3 heteroatoms. The predicted octanol–water partition coefficient (Wildman–Crippen LogP) is 4.77. The molecule has 0 unspecified atom stereocenters. The summed E-state index contributed by atoms with van der Waals surface area (Å²) in [6, 6.07) is 11.7. The van der Waals surface area contributed by atoms with E-state index in [-0.39, 0.29) is 0 Å². The van der Waals surface area contributed by atoms with Gasteiger partial charge in [-0.25, -0.2) is 0 Å². The molecule has 2 nitrogen and oxygen atoms in total. The summed E-state index contributed by atoms with van der Waals surface area (Å²) < 4.78 is 12.7. The molecule has 0 amide bonds. The van der Waals surface area contributed by atoms with Crippen LogP contribution in [0.4, 0.5) is 0 Å². The molecule has 1 aromatic rings. The molecular weight excluding hydrogens is 276 g/mol. The van der Waals surface area contributed by atoms with Gasteiger partial charge in [-0.05, 0) is 24.1 Å². The van der Waals surface area contributed by atoms with Crippen LogP contribution in [-0.2, 0) is 8.85 Å². The van der Waals surface area contributed by atoms with Gasteiger partial charge in [0, 0.05) is 13.2 Å². The highest BCUT2D eigenvalue weighted by molar-refractivity contribution is 6.81. The Hall–Kier alpha value is -0.643. The van der Waals surface area contributed by atoms with Crippen LogP contribution in [0.15, 0.2) is 30.3 Å². The highest BCUT2D eigenvalue weighted by Crippen LogP contribution is 2.20. The van der Waals surface area contributed by atoms with Crippen molar-refractivity contribution in [2.75, 3.05) is 13.2 Å². The summed E-state index contributed by atoms with van der Waals surface area (Å²) in [6.07, 6.45) is 7.16. The van der Waals surface area contributed by atoms with Crippen molar-refractivity contribution in [2.45, 2.75) is 65.3 Å². The van der Waals surface area contributed by atoms with Gasteiger partial charge in [-0.2, -0.15) is 0 Å². The molecule has 0 atom stereocenters. The summed E-state index contributed by atoms with van der Waals surface area (Å²) in [7, 11) is -2.26. The summed E-state index contributed by atoms with van der Waals surface area (Å²) in [5.41, 5.74) is 0. The van der Waals surface area contributed by atoms with Crippen molar-refractivity contribution in [3.63, 3.8) is 0 Å². The average Bonchev–Trinajstić information content (AvgIpc) is 2.54. The maximum Gasteiger partial charge on any atom is 0.372 e. The van der Waals surface area contributed by atoms with E-state index >= 15 is 0 Å². The highest BCUT2D eigenvalue weighted by atomic mass is 28.4. The lowest BCUT2D eigenvalue weighted by atomic mass is 10.2. The van der Waals surface area contributed by atoms with E-state index in [0.717, 1.165) is 32.1 Å². The van der Waals surface area contributed by atoms with E-state index in [2.05, 4.69) is 51.1 Å². The van der Waals surface area contributed by atoms with Crippen LogP contribution in [-0.4, -0.2) is 21.8 Å². The molecule has 21 heavy (non-hydrogen) atoms. The molecule has 1 rings (SSSR count). The Labute approximate surface area is 132 Å². The zero-order valence-corrected chi connectivity index (χ0v) is 15.1. The van der Waals surface area contributed by atoms with Gasteiger partial charge < -0.3 is 8.85 Å². The van der Waals surface area contributed by atoms with Gasteiger partial charge in [-0.15, -0.1) is 0 Å². The van der Waals surface area contributed by atoms with Crippen molar-refractivity contribution in [2.24, 2.45) is 0 Å². The molecule has 0 spiro atoms. The Morgan fingerprint density at radius 2 is 1.38 bits per heavy atom. The van der Waals surface area contributed by atoms with Crippen molar-refractivity contribution in [1.29, 1.82) is 0 Å². The lowest BCUT2D eigenvalue weighted by Gasteiger charge is -2.31. The van der Waals surface area contributed by atoms with Crippen LogP contribution in [0.5, 0.6) is 0 Å². The fraction of sp³-hybridized carbons (Fsp3) is 0.667. The highest BCUT2D eigenvalue weighted by Gasteiger charge is 2.39. The normalized spacial score (nSPS) is 11.8. The number of hydrogen-bond acceptors (Lipinski definition) is 2. The fourth-order valence-electron chi connectivity index (χ4n) is 2.51. The average molecular weight is 309 g/mol. The van der Waals surface area contributed by atoms with E-state index in [1.807, 2.05) is 0 Å². The minimum Gasteiger partial charge on any atom is -0.391 e. The predicted molar refractivity (Wildman–Crippen MR) is 93.3 cm³/mol. The molecule has 0 bridgehead atoms.